The van der Waals surface area contributed by atoms with Gasteiger partial charge in [0.1, 0.15) is 5.82 Å². The summed E-state index contributed by atoms with van der Waals surface area (Å²) in [6, 6.07) is 4.71. The summed E-state index contributed by atoms with van der Waals surface area (Å²) in [7, 11) is 0. The molecule has 15 heavy (non-hydrogen) atoms. The molecule has 1 unspecified atom stereocenters. The second-order valence-electron chi connectivity index (χ2n) is 3.54. The summed E-state index contributed by atoms with van der Waals surface area (Å²) >= 11 is 5.78. The van der Waals surface area contributed by atoms with E-state index in [0.29, 0.717) is 10.7 Å². The Morgan fingerprint density at radius 1 is 1.60 bits per heavy atom. The lowest BCUT2D eigenvalue weighted by molar-refractivity contribution is 0.623. The van der Waals surface area contributed by atoms with Crippen LogP contribution in [0.25, 0.3) is 0 Å². The lowest BCUT2D eigenvalue weighted by Crippen LogP contribution is -2.15. The first-order valence-electron chi connectivity index (χ1n) is 4.96. The van der Waals surface area contributed by atoms with Gasteiger partial charge in [0.15, 0.2) is 0 Å². The first kappa shape index (κ1) is 12.1. The third-order valence-corrected chi connectivity index (χ3v) is 2.37. The maximum atomic E-state index is 13.3. The molecular formula is C12H15ClFN. The second kappa shape index (κ2) is 5.76. The maximum absolute atomic E-state index is 13.3. The van der Waals surface area contributed by atoms with Crippen LogP contribution in [-0.2, 0) is 0 Å². The summed E-state index contributed by atoms with van der Waals surface area (Å²) in [5, 5.41) is 3.62. The summed E-state index contributed by atoms with van der Waals surface area (Å²) in [4.78, 5) is 0. The van der Waals surface area contributed by atoms with E-state index in [4.69, 9.17) is 11.6 Å². The lowest BCUT2D eigenvalue weighted by atomic mass is 10.1. The molecule has 0 amide bonds. The largest absolute Gasteiger partial charge is 0.380 e. The number of rotatable bonds is 5. The van der Waals surface area contributed by atoms with Gasteiger partial charge in [0.05, 0.1) is 5.69 Å². The average molecular weight is 228 g/mol. The van der Waals surface area contributed by atoms with Crippen LogP contribution in [0.3, 0.4) is 0 Å². The van der Waals surface area contributed by atoms with Gasteiger partial charge in [-0.1, -0.05) is 17.7 Å². The quantitative estimate of drug-likeness (QED) is 0.742. The number of benzene rings is 1. The zero-order valence-corrected chi connectivity index (χ0v) is 9.52. The predicted octanol–water partition coefficient (Wildman–Crippen LogP) is 4.25. The highest BCUT2D eigenvalue weighted by Gasteiger charge is 2.06. The van der Waals surface area contributed by atoms with Crippen LogP contribution < -0.4 is 5.32 Å². The fraction of sp³-hybridized carbons (Fsp3) is 0.333. The van der Waals surface area contributed by atoms with Crippen molar-refractivity contribution in [1.29, 1.82) is 0 Å². The molecule has 0 aliphatic heterocycles. The summed E-state index contributed by atoms with van der Waals surface area (Å²) in [6.07, 6.45) is 3.69. The van der Waals surface area contributed by atoms with Gasteiger partial charge < -0.3 is 5.32 Å². The zero-order valence-electron chi connectivity index (χ0n) is 8.76. The Labute approximate surface area is 95.0 Å². The van der Waals surface area contributed by atoms with E-state index in [-0.39, 0.29) is 11.9 Å². The Morgan fingerprint density at radius 2 is 2.33 bits per heavy atom. The second-order valence-corrected chi connectivity index (χ2v) is 3.97. The standard InChI is InChI=1S/C12H15ClFN/c1-3-4-5-9(2)15-12-8-10(13)6-7-11(12)14/h3,6-9,15H,1,4-5H2,2H3. The molecule has 82 valence electrons. The van der Waals surface area contributed by atoms with Gasteiger partial charge in [0, 0.05) is 11.1 Å². The Balaban J connectivity index is 2.62. The molecule has 0 aliphatic carbocycles. The molecular weight excluding hydrogens is 213 g/mol. The monoisotopic (exact) mass is 227 g/mol. The van der Waals surface area contributed by atoms with E-state index in [1.807, 2.05) is 13.0 Å². The molecule has 0 aliphatic rings. The highest BCUT2D eigenvalue weighted by molar-refractivity contribution is 6.30. The molecule has 1 aromatic carbocycles. The fourth-order valence-electron chi connectivity index (χ4n) is 1.31. The molecule has 1 rings (SSSR count). The van der Waals surface area contributed by atoms with Gasteiger partial charge in [-0.25, -0.2) is 4.39 Å². The van der Waals surface area contributed by atoms with Gasteiger partial charge in [0.25, 0.3) is 0 Å². The third kappa shape index (κ3) is 3.92. The van der Waals surface area contributed by atoms with Crippen LogP contribution in [0, 0.1) is 5.82 Å². The average Bonchev–Trinajstić information content (AvgIpc) is 2.20. The molecule has 0 bridgehead atoms. The molecule has 0 spiro atoms. The van der Waals surface area contributed by atoms with E-state index in [2.05, 4.69) is 11.9 Å². The Morgan fingerprint density at radius 3 is 3.00 bits per heavy atom. The van der Waals surface area contributed by atoms with Crippen LogP contribution in [0.5, 0.6) is 0 Å². The maximum Gasteiger partial charge on any atom is 0.146 e. The Kier molecular flexibility index (Phi) is 4.63. The van der Waals surface area contributed by atoms with Crippen LogP contribution in [0.2, 0.25) is 5.02 Å². The van der Waals surface area contributed by atoms with Crippen molar-refractivity contribution in [1.82, 2.24) is 0 Å². The minimum absolute atomic E-state index is 0.205. The number of hydrogen-bond acceptors (Lipinski definition) is 1. The number of anilines is 1. The Bertz CT molecular complexity index is 338. The minimum atomic E-state index is -0.273. The number of allylic oxidation sites excluding steroid dienone is 1. The highest BCUT2D eigenvalue weighted by Crippen LogP contribution is 2.20. The van der Waals surface area contributed by atoms with Crippen LogP contribution in [-0.4, -0.2) is 6.04 Å². The van der Waals surface area contributed by atoms with Crippen molar-refractivity contribution in [3.05, 3.63) is 41.7 Å². The topological polar surface area (TPSA) is 12.0 Å². The van der Waals surface area contributed by atoms with Gasteiger partial charge in [-0.15, -0.1) is 6.58 Å². The molecule has 1 atom stereocenters. The molecule has 0 aromatic heterocycles. The zero-order chi connectivity index (χ0) is 11.3. The predicted molar refractivity (Wildman–Crippen MR) is 63.9 cm³/mol. The van der Waals surface area contributed by atoms with Crippen molar-refractivity contribution >= 4 is 17.3 Å². The van der Waals surface area contributed by atoms with E-state index < -0.39 is 0 Å². The van der Waals surface area contributed by atoms with Gasteiger partial charge in [0.2, 0.25) is 0 Å². The molecule has 1 aromatic rings. The SMILES string of the molecule is C=CCCC(C)Nc1cc(Cl)ccc1F. The number of nitrogens with one attached hydrogen (secondary N) is 1. The molecule has 1 N–H and O–H groups in total. The van der Waals surface area contributed by atoms with E-state index in [1.54, 1.807) is 6.07 Å². The molecule has 1 nitrogen and oxygen atoms in total. The molecule has 0 radical (unpaired) electrons. The van der Waals surface area contributed by atoms with Gasteiger partial charge in [-0.3, -0.25) is 0 Å². The fourth-order valence-corrected chi connectivity index (χ4v) is 1.49. The molecule has 3 heteroatoms. The summed E-state index contributed by atoms with van der Waals surface area (Å²) in [5.41, 5.74) is 0.457. The first-order valence-corrected chi connectivity index (χ1v) is 5.33. The first-order chi connectivity index (χ1) is 7.13. The summed E-state index contributed by atoms with van der Waals surface area (Å²) in [6.45, 7) is 5.65. The summed E-state index contributed by atoms with van der Waals surface area (Å²) in [5.74, 6) is -0.273. The van der Waals surface area contributed by atoms with Crippen molar-refractivity contribution in [3.8, 4) is 0 Å². The van der Waals surface area contributed by atoms with E-state index >= 15 is 0 Å². The number of halogens is 2. The van der Waals surface area contributed by atoms with Crippen molar-refractivity contribution in [2.45, 2.75) is 25.8 Å². The van der Waals surface area contributed by atoms with E-state index in [1.165, 1.54) is 12.1 Å². The van der Waals surface area contributed by atoms with Crippen molar-refractivity contribution < 1.29 is 4.39 Å². The smallest absolute Gasteiger partial charge is 0.146 e. The van der Waals surface area contributed by atoms with Crippen molar-refractivity contribution in [3.63, 3.8) is 0 Å². The minimum Gasteiger partial charge on any atom is -0.380 e. The van der Waals surface area contributed by atoms with Gasteiger partial charge >= 0.3 is 0 Å². The van der Waals surface area contributed by atoms with E-state index in [0.717, 1.165) is 12.8 Å². The molecule has 0 saturated carbocycles. The van der Waals surface area contributed by atoms with Gasteiger partial charge in [-0.2, -0.15) is 0 Å². The van der Waals surface area contributed by atoms with Crippen molar-refractivity contribution in [2.24, 2.45) is 0 Å². The highest BCUT2D eigenvalue weighted by atomic mass is 35.5. The lowest BCUT2D eigenvalue weighted by Gasteiger charge is -2.15. The number of hydrogen-bond donors (Lipinski definition) is 1. The van der Waals surface area contributed by atoms with Crippen LogP contribution >= 0.6 is 11.6 Å². The van der Waals surface area contributed by atoms with Gasteiger partial charge in [-0.05, 0) is 38.0 Å². The molecule has 0 heterocycles. The van der Waals surface area contributed by atoms with Crippen LogP contribution in [0.4, 0.5) is 10.1 Å². The van der Waals surface area contributed by atoms with Crippen LogP contribution in [0.1, 0.15) is 19.8 Å². The third-order valence-electron chi connectivity index (χ3n) is 2.13. The van der Waals surface area contributed by atoms with E-state index in [9.17, 15) is 4.39 Å². The summed E-state index contributed by atoms with van der Waals surface area (Å²) < 4.78 is 13.3. The Hall–Kier alpha value is -1.02. The van der Waals surface area contributed by atoms with Crippen LogP contribution in [0.15, 0.2) is 30.9 Å². The molecule has 0 fully saturated rings. The van der Waals surface area contributed by atoms with Crippen molar-refractivity contribution in [2.75, 3.05) is 5.32 Å². The molecule has 0 saturated heterocycles. The normalized spacial score (nSPS) is 12.2.